The van der Waals surface area contributed by atoms with Gasteiger partial charge in [-0.05, 0) is 12.8 Å². The largest absolute Gasteiger partial charge is 0.472 e. The van der Waals surface area contributed by atoms with Crippen molar-refractivity contribution < 1.29 is 33.5 Å². The molecule has 0 aliphatic heterocycles. The van der Waals surface area contributed by atoms with Crippen LogP contribution in [0.2, 0.25) is 0 Å². The Bertz CT molecular complexity index is 746. The van der Waals surface area contributed by atoms with Gasteiger partial charge in [0, 0.05) is 6.54 Å². The molecule has 0 aromatic heterocycles. The molecule has 0 aromatic rings. The summed E-state index contributed by atoms with van der Waals surface area (Å²) in [6, 6.07) is -0.888. The zero-order chi connectivity index (χ0) is 35.6. The van der Waals surface area contributed by atoms with E-state index in [1.165, 1.54) is 128 Å². The maximum atomic E-state index is 12.7. The predicted molar refractivity (Wildman–Crippen MR) is 200 cm³/mol. The number of hydrogen-bond acceptors (Lipinski definition) is 7. The summed E-state index contributed by atoms with van der Waals surface area (Å²) in [4.78, 5) is 22.6. The van der Waals surface area contributed by atoms with Crippen LogP contribution in [0.5, 0.6) is 0 Å². The molecule has 6 N–H and O–H groups in total. The molecule has 0 saturated heterocycles. The molecule has 0 rings (SSSR count). The van der Waals surface area contributed by atoms with E-state index in [9.17, 15) is 24.5 Å². The van der Waals surface area contributed by atoms with E-state index in [4.69, 9.17) is 14.8 Å². The smallest absolute Gasteiger partial charge is 0.393 e. The molecule has 0 saturated carbocycles. The zero-order valence-electron chi connectivity index (χ0n) is 31.4. The molecule has 0 aliphatic carbocycles. The van der Waals surface area contributed by atoms with Crippen molar-refractivity contribution in [1.29, 1.82) is 0 Å². The number of unbranched alkanes of at least 4 members (excludes halogenated alkanes) is 24. The number of aliphatic hydroxyl groups is 2. The number of nitrogens with one attached hydrogen (secondary N) is 1. The van der Waals surface area contributed by atoms with Crippen molar-refractivity contribution in [2.45, 2.75) is 218 Å². The normalized spacial score (nSPS) is 14.9. The quantitative estimate of drug-likeness (QED) is 0.0315. The fourth-order valence-electron chi connectivity index (χ4n) is 6.18. The Balaban J connectivity index is 4.14. The number of carbonyl (C=O) groups is 1. The lowest BCUT2D eigenvalue weighted by Crippen LogP contribution is -2.47. The number of nitrogens with two attached hydrogens (primary N) is 1. The first kappa shape index (κ1) is 47.5. The maximum Gasteiger partial charge on any atom is 0.472 e. The number of carbonyl (C=O) groups excluding carboxylic acids is 1. The Labute approximate surface area is 295 Å². The van der Waals surface area contributed by atoms with Gasteiger partial charge in [0.25, 0.3) is 0 Å². The fraction of sp³-hybridized carbons (Fsp3) is 0.974. The summed E-state index contributed by atoms with van der Waals surface area (Å²) in [5.74, 6) is -0.413. The van der Waals surface area contributed by atoms with Crippen molar-refractivity contribution in [2.24, 2.45) is 5.73 Å². The van der Waals surface area contributed by atoms with E-state index in [0.29, 0.717) is 12.8 Å². The van der Waals surface area contributed by atoms with Gasteiger partial charge in [-0.2, -0.15) is 0 Å². The number of phosphoric acid groups is 1. The highest BCUT2D eigenvalue weighted by atomic mass is 31.2. The van der Waals surface area contributed by atoms with Crippen LogP contribution in [0.4, 0.5) is 0 Å². The van der Waals surface area contributed by atoms with Gasteiger partial charge in [-0.3, -0.25) is 13.8 Å². The maximum absolute atomic E-state index is 12.7. The van der Waals surface area contributed by atoms with Crippen LogP contribution in [0, 0.1) is 0 Å². The van der Waals surface area contributed by atoms with Gasteiger partial charge in [0.05, 0.1) is 37.9 Å². The molecule has 0 radical (unpaired) electrons. The van der Waals surface area contributed by atoms with Gasteiger partial charge in [0.15, 0.2) is 0 Å². The van der Waals surface area contributed by atoms with Gasteiger partial charge >= 0.3 is 7.82 Å². The second-order valence-corrected chi connectivity index (χ2v) is 15.5. The molecule has 0 bridgehead atoms. The molecule has 4 unspecified atom stereocenters. The molecule has 0 aliphatic rings. The minimum absolute atomic E-state index is 0.0620. The first-order chi connectivity index (χ1) is 23.3. The highest BCUT2D eigenvalue weighted by Crippen LogP contribution is 2.43. The molecule has 4 atom stereocenters. The molecular weight excluding hydrogens is 627 g/mol. The van der Waals surface area contributed by atoms with Gasteiger partial charge in [-0.1, -0.05) is 181 Å². The van der Waals surface area contributed by atoms with E-state index in [1.807, 2.05) is 0 Å². The van der Waals surface area contributed by atoms with Crippen LogP contribution >= 0.6 is 7.82 Å². The highest BCUT2D eigenvalue weighted by molar-refractivity contribution is 7.47. The van der Waals surface area contributed by atoms with Crippen LogP contribution in [0.15, 0.2) is 0 Å². The summed E-state index contributed by atoms with van der Waals surface area (Å²) in [5.41, 5.74) is 5.34. The minimum atomic E-state index is -4.36. The number of rotatable bonds is 38. The Morgan fingerprint density at radius 1 is 0.625 bits per heavy atom. The van der Waals surface area contributed by atoms with E-state index in [-0.39, 0.29) is 26.2 Å². The topological polar surface area (TPSA) is 151 Å². The van der Waals surface area contributed by atoms with Crippen LogP contribution in [0.1, 0.15) is 200 Å². The molecule has 10 heteroatoms. The zero-order valence-corrected chi connectivity index (χ0v) is 32.3. The summed E-state index contributed by atoms with van der Waals surface area (Å²) in [7, 11) is -4.36. The second-order valence-electron chi connectivity index (χ2n) is 14.0. The summed E-state index contributed by atoms with van der Waals surface area (Å²) in [5, 5.41) is 24.0. The average molecular weight is 707 g/mol. The third kappa shape index (κ3) is 32.7. The van der Waals surface area contributed by atoms with Gasteiger partial charge in [-0.15, -0.1) is 0 Å². The van der Waals surface area contributed by atoms with Gasteiger partial charge in [0.1, 0.15) is 0 Å². The van der Waals surface area contributed by atoms with E-state index in [2.05, 4.69) is 19.2 Å². The van der Waals surface area contributed by atoms with Crippen molar-refractivity contribution in [1.82, 2.24) is 5.32 Å². The molecule has 0 fully saturated rings. The Morgan fingerprint density at radius 3 is 1.40 bits per heavy atom. The fourth-order valence-corrected chi connectivity index (χ4v) is 6.94. The third-order valence-corrected chi connectivity index (χ3v) is 10.2. The van der Waals surface area contributed by atoms with Crippen molar-refractivity contribution in [3.8, 4) is 0 Å². The Morgan fingerprint density at radius 2 is 1.00 bits per heavy atom. The monoisotopic (exact) mass is 707 g/mol. The van der Waals surface area contributed by atoms with Gasteiger partial charge in [0.2, 0.25) is 5.91 Å². The summed E-state index contributed by atoms with van der Waals surface area (Å²) in [6.07, 6.45) is 31.6. The van der Waals surface area contributed by atoms with Crippen molar-refractivity contribution in [3.05, 3.63) is 0 Å². The number of aliphatic hydroxyl groups excluding tert-OH is 2. The van der Waals surface area contributed by atoms with E-state index in [0.717, 1.165) is 38.5 Å². The standard InChI is InChI=1S/C38H79N2O7P/c1-3-5-7-9-11-13-14-15-16-17-18-19-20-21-22-23-25-27-29-35(41)33-38(43)40-36(34-47-48(44,45)46-32-31-39)37(42)30-28-26-24-12-10-8-6-4-2/h35-37,41-42H,3-34,39H2,1-2H3,(H,40,43)(H,44,45). The number of amides is 1. The summed E-state index contributed by atoms with van der Waals surface area (Å²) >= 11 is 0. The van der Waals surface area contributed by atoms with Crippen molar-refractivity contribution in [3.63, 3.8) is 0 Å². The lowest BCUT2D eigenvalue weighted by atomic mass is 10.0. The van der Waals surface area contributed by atoms with Crippen molar-refractivity contribution in [2.75, 3.05) is 19.8 Å². The second kappa shape index (κ2) is 34.9. The van der Waals surface area contributed by atoms with Crippen LogP contribution in [-0.4, -0.2) is 59.0 Å². The molecule has 1 amide bonds. The minimum Gasteiger partial charge on any atom is -0.393 e. The molecular formula is C38H79N2O7P. The summed E-state index contributed by atoms with van der Waals surface area (Å²) < 4.78 is 22.0. The highest BCUT2D eigenvalue weighted by Gasteiger charge is 2.28. The van der Waals surface area contributed by atoms with Gasteiger partial charge < -0.3 is 26.2 Å². The first-order valence-corrected chi connectivity index (χ1v) is 21.7. The van der Waals surface area contributed by atoms with Crippen LogP contribution in [0.25, 0.3) is 0 Å². The average Bonchev–Trinajstić information content (AvgIpc) is 3.06. The molecule has 0 spiro atoms. The molecule has 0 heterocycles. The molecule has 0 aromatic carbocycles. The van der Waals surface area contributed by atoms with Gasteiger partial charge in [-0.25, -0.2) is 4.57 Å². The van der Waals surface area contributed by atoms with E-state index < -0.39 is 32.0 Å². The van der Waals surface area contributed by atoms with E-state index >= 15 is 0 Å². The molecule has 48 heavy (non-hydrogen) atoms. The molecule has 9 nitrogen and oxygen atoms in total. The van der Waals surface area contributed by atoms with Crippen molar-refractivity contribution >= 4 is 13.7 Å². The predicted octanol–water partition coefficient (Wildman–Crippen LogP) is 9.64. The lowest BCUT2D eigenvalue weighted by Gasteiger charge is -2.25. The third-order valence-electron chi connectivity index (χ3n) is 9.27. The Kier molecular flexibility index (Phi) is 34.5. The Hall–Kier alpha value is -0.540. The van der Waals surface area contributed by atoms with E-state index in [1.54, 1.807) is 0 Å². The number of hydrogen-bond donors (Lipinski definition) is 5. The van der Waals surface area contributed by atoms with Crippen LogP contribution < -0.4 is 11.1 Å². The molecule has 288 valence electrons. The summed E-state index contributed by atoms with van der Waals surface area (Å²) in [6.45, 7) is 4.01. The SMILES string of the molecule is CCCCCCCCCCCCCCCCCCCCC(O)CC(=O)NC(COP(=O)(O)OCCN)C(O)CCCCCCCCCC. The first-order valence-electron chi connectivity index (χ1n) is 20.2. The lowest BCUT2D eigenvalue weighted by molar-refractivity contribution is -0.125. The van der Waals surface area contributed by atoms with Crippen LogP contribution in [-0.2, 0) is 18.4 Å². The number of phosphoric ester groups is 1. The van der Waals surface area contributed by atoms with Crippen LogP contribution in [0.3, 0.4) is 0 Å².